The second-order valence-corrected chi connectivity index (χ2v) is 4.67. The third-order valence-corrected chi connectivity index (χ3v) is 3.55. The number of hydrogen-bond acceptors (Lipinski definition) is 1. The average molecular weight is 207 g/mol. The molecule has 1 aromatic carbocycles. The van der Waals surface area contributed by atoms with Gasteiger partial charge in [0.1, 0.15) is 5.82 Å². The lowest BCUT2D eigenvalue weighted by Crippen LogP contribution is -2.28. The number of hydrogen-bond donors (Lipinski definition) is 1. The molecule has 0 saturated heterocycles. The van der Waals surface area contributed by atoms with E-state index < -0.39 is 0 Å². The summed E-state index contributed by atoms with van der Waals surface area (Å²) < 4.78 is 13.1. The zero-order valence-corrected chi connectivity index (χ0v) is 9.39. The summed E-state index contributed by atoms with van der Waals surface area (Å²) in [4.78, 5) is 0. The van der Waals surface area contributed by atoms with Gasteiger partial charge in [0.2, 0.25) is 0 Å². The average Bonchev–Trinajstić information content (AvgIpc) is 1.97. The molecule has 2 rings (SSSR count). The van der Waals surface area contributed by atoms with Crippen molar-refractivity contribution in [2.45, 2.75) is 39.2 Å². The lowest BCUT2D eigenvalue weighted by atomic mass is 9.76. The monoisotopic (exact) mass is 207 g/mol. The van der Waals surface area contributed by atoms with E-state index in [0.29, 0.717) is 5.92 Å². The first-order valence-corrected chi connectivity index (χ1v) is 5.62. The largest absolute Gasteiger partial charge is 0.324 e. The van der Waals surface area contributed by atoms with Crippen LogP contribution in [0.5, 0.6) is 0 Å². The molecule has 1 saturated carbocycles. The van der Waals surface area contributed by atoms with Crippen LogP contribution in [0.15, 0.2) is 12.1 Å². The van der Waals surface area contributed by atoms with Crippen molar-refractivity contribution in [2.75, 3.05) is 0 Å². The van der Waals surface area contributed by atoms with E-state index in [1.807, 2.05) is 13.8 Å². The molecular weight excluding hydrogens is 189 g/mol. The first-order chi connectivity index (χ1) is 7.09. The van der Waals surface area contributed by atoms with Crippen molar-refractivity contribution in [3.8, 4) is 0 Å². The molecule has 1 aromatic rings. The SMILES string of the molecule is Cc1cc(F)cc(C)c1C(N)C1CCC1. The van der Waals surface area contributed by atoms with Gasteiger partial charge >= 0.3 is 0 Å². The van der Waals surface area contributed by atoms with Crippen molar-refractivity contribution in [3.05, 3.63) is 34.6 Å². The summed E-state index contributed by atoms with van der Waals surface area (Å²) in [7, 11) is 0. The fourth-order valence-corrected chi connectivity index (χ4v) is 2.48. The van der Waals surface area contributed by atoms with Gasteiger partial charge in [-0.15, -0.1) is 0 Å². The van der Waals surface area contributed by atoms with Crippen LogP contribution in [0.25, 0.3) is 0 Å². The Morgan fingerprint density at radius 3 is 2.20 bits per heavy atom. The fourth-order valence-electron chi connectivity index (χ4n) is 2.48. The molecule has 1 aliphatic carbocycles. The van der Waals surface area contributed by atoms with Crippen LogP contribution in [-0.4, -0.2) is 0 Å². The second-order valence-electron chi connectivity index (χ2n) is 4.67. The summed E-state index contributed by atoms with van der Waals surface area (Å²) in [5, 5.41) is 0. The van der Waals surface area contributed by atoms with Gasteiger partial charge in [-0.1, -0.05) is 6.42 Å². The zero-order chi connectivity index (χ0) is 11.0. The van der Waals surface area contributed by atoms with Crippen molar-refractivity contribution in [3.63, 3.8) is 0 Å². The number of benzene rings is 1. The van der Waals surface area contributed by atoms with Gasteiger partial charge in [-0.3, -0.25) is 0 Å². The van der Waals surface area contributed by atoms with Gasteiger partial charge in [0.15, 0.2) is 0 Å². The number of rotatable bonds is 2. The highest BCUT2D eigenvalue weighted by Crippen LogP contribution is 2.38. The number of nitrogens with two attached hydrogens (primary N) is 1. The molecule has 0 aliphatic heterocycles. The van der Waals surface area contributed by atoms with Gasteiger partial charge < -0.3 is 5.73 Å². The molecule has 0 amide bonds. The van der Waals surface area contributed by atoms with Crippen molar-refractivity contribution in [1.29, 1.82) is 0 Å². The molecule has 1 nitrogen and oxygen atoms in total. The summed E-state index contributed by atoms with van der Waals surface area (Å²) in [5.74, 6) is 0.447. The van der Waals surface area contributed by atoms with Gasteiger partial charge in [0.25, 0.3) is 0 Å². The lowest BCUT2D eigenvalue weighted by Gasteiger charge is -2.33. The molecule has 15 heavy (non-hydrogen) atoms. The highest BCUT2D eigenvalue weighted by atomic mass is 19.1. The minimum Gasteiger partial charge on any atom is -0.324 e. The molecule has 0 aromatic heterocycles. The molecule has 1 aliphatic rings. The van der Waals surface area contributed by atoms with Gasteiger partial charge in [-0.25, -0.2) is 4.39 Å². The summed E-state index contributed by atoms with van der Waals surface area (Å²) in [6, 6.07) is 3.26. The predicted octanol–water partition coefficient (Wildman–Crippen LogP) is 3.24. The quantitative estimate of drug-likeness (QED) is 0.791. The second kappa shape index (κ2) is 3.93. The molecule has 0 radical (unpaired) electrons. The summed E-state index contributed by atoms with van der Waals surface area (Å²) in [6.45, 7) is 3.90. The molecule has 0 spiro atoms. The van der Waals surface area contributed by atoms with Crippen LogP contribution in [0.3, 0.4) is 0 Å². The molecule has 1 unspecified atom stereocenters. The Morgan fingerprint density at radius 1 is 1.27 bits per heavy atom. The standard InChI is InChI=1S/C13H18FN/c1-8-6-11(14)7-9(2)12(8)13(15)10-4-3-5-10/h6-7,10,13H,3-5,15H2,1-2H3. The topological polar surface area (TPSA) is 26.0 Å². The molecule has 2 N–H and O–H groups in total. The molecule has 0 heterocycles. The van der Waals surface area contributed by atoms with Crippen LogP contribution in [0.4, 0.5) is 4.39 Å². The summed E-state index contributed by atoms with van der Waals surface area (Å²) in [5.41, 5.74) is 9.37. The molecular formula is C13H18FN. The molecule has 0 bridgehead atoms. The summed E-state index contributed by atoms with van der Waals surface area (Å²) in [6.07, 6.45) is 3.73. The zero-order valence-electron chi connectivity index (χ0n) is 9.39. The van der Waals surface area contributed by atoms with E-state index in [4.69, 9.17) is 5.73 Å². The van der Waals surface area contributed by atoms with Gasteiger partial charge in [-0.05, 0) is 61.4 Å². The van der Waals surface area contributed by atoms with E-state index in [2.05, 4.69) is 0 Å². The van der Waals surface area contributed by atoms with E-state index in [1.54, 1.807) is 12.1 Å². The Hall–Kier alpha value is -0.890. The van der Waals surface area contributed by atoms with Crippen LogP contribution in [0, 0.1) is 25.6 Å². The van der Waals surface area contributed by atoms with Crippen LogP contribution < -0.4 is 5.73 Å². The van der Waals surface area contributed by atoms with Gasteiger partial charge in [0, 0.05) is 6.04 Å². The highest BCUT2D eigenvalue weighted by Gasteiger charge is 2.27. The summed E-state index contributed by atoms with van der Waals surface area (Å²) >= 11 is 0. The van der Waals surface area contributed by atoms with E-state index in [-0.39, 0.29) is 11.9 Å². The van der Waals surface area contributed by atoms with Gasteiger partial charge in [-0.2, -0.15) is 0 Å². The van der Waals surface area contributed by atoms with Crippen LogP contribution in [0.1, 0.15) is 42.0 Å². The third kappa shape index (κ3) is 1.91. The highest BCUT2D eigenvalue weighted by molar-refractivity contribution is 5.37. The smallest absolute Gasteiger partial charge is 0.123 e. The predicted molar refractivity (Wildman–Crippen MR) is 60.1 cm³/mol. The number of aryl methyl sites for hydroxylation is 2. The van der Waals surface area contributed by atoms with Crippen molar-refractivity contribution >= 4 is 0 Å². The van der Waals surface area contributed by atoms with E-state index in [1.165, 1.54) is 19.3 Å². The minimum absolute atomic E-state index is 0.0966. The fraction of sp³-hybridized carbons (Fsp3) is 0.538. The Bertz CT molecular complexity index is 346. The first kappa shape index (κ1) is 10.6. The number of halogens is 1. The third-order valence-electron chi connectivity index (χ3n) is 3.55. The van der Waals surface area contributed by atoms with E-state index in [9.17, 15) is 4.39 Å². The molecule has 1 atom stereocenters. The Labute approximate surface area is 90.5 Å². The Balaban J connectivity index is 2.33. The maximum absolute atomic E-state index is 13.1. The van der Waals surface area contributed by atoms with Crippen LogP contribution in [-0.2, 0) is 0 Å². The van der Waals surface area contributed by atoms with Crippen molar-refractivity contribution < 1.29 is 4.39 Å². The molecule has 82 valence electrons. The minimum atomic E-state index is -0.158. The maximum Gasteiger partial charge on any atom is 0.123 e. The first-order valence-electron chi connectivity index (χ1n) is 5.62. The molecule has 2 heteroatoms. The van der Waals surface area contributed by atoms with Crippen LogP contribution in [0.2, 0.25) is 0 Å². The van der Waals surface area contributed by atoms with E-state index >= 15 is 0 Å². The van der Waals surface area contributed by atoms with Gasteiger partial charge in [0.05, 0.1) is 0 Å². The van der Waals surface area contributed by atoms with Crippen molar-refractivity contribution in [2.24, 2.45) is 11.7 Å². The maximum atomic E-state index is 13.1. The van der Waals surface area contributed by atoms with Crippen LogP contribution >= 0.6 is 0 Å². The Kier molecular flexibility index (Phi) is 2.79. The normalized spacial score (nSPS) is 18.7. The lowest BCUT2D eigenvalue weighted by molar-refractivity contribution is 0.263. The van der Waals surface area contributed by atoms with E-state index in [0.717, 1.165) is 16.7 Å². The van der Waals surface area contributed by atoms with Crippen molar-refractivity contribution in [1.82, 2.24) is 0 Å². The molecule has 1 fully saturated rings. The Morgan fingerprint density at radius 2 is 1.80 bits per heavy atom.